The molecule has 3 heterocycles. The predicted molar refractivity (Wildman–Crippen MR) is 88.3 cm³/mol. The Morgan fingerprint density at radius 3 is 2.71 bits per heavy atom. The van der Waals surface area contributed by atoms with Crippen LogP contribution in [0.15, 0.2) is 28.7 Å². The van der Waals surface area contributed by atoms with Crippen LogP contribution in [0.4, 0.5) is 0 Å². The second kappa shape index (κ2) is 6.26. The van der Waals surface area contributed by atoms with Gasteiger partial charge in [0.2, 0.25) is 11.8 Å². The van der Waals surface area contributed by atoms with Crippen molar-refractivity contribution in [2.45, 2.75) is 31.6 Å². The van der Waals surface area contributed by atoms with E-state index in [2.05, 4.69) is 10.3 Å². The molecule has 4 rings (SSSR count). The maximum Gasteiger partial charge on any atom is 0.227 e. The number of carbonyl (C=O) groups is 2. The van der Waals surface area contributed by atoms with Crippen LogP contribution < -0.4 is 5.32 Å². The average molecular weight is 327 g/mol. The fraction of sp³-hybridized carbons (Fsp3) is 0.500. The van der Waals surface area contributed by atoms with Crippen molar-refractivity contribution in [1.82, 2.24) is 15.2 Å². The number of hydrogen-bond donors (Lipinski definition) is 1. The first kappa shape index (κ1) is 15.2. The molecule has 1 atom stereocenters. The van der Waals surface area contributed by atoms with Crippen molar-refractivity contribution >= 4 is 22.9 Å². The summed E-state index contributed by atoms with van der Waals surface area (Å²) in [5.41, 5.74) is 1.72. The van der Waals surface area contributed by atoms with Crippen LogP contribution in [0, 0.1) is 5.92 Å². The molecule has 2 saturated heterocycles. The molecule has 2 amide bonds. The van der Waals surface area contributed by atoms with Gasteiger partial charge in [-0.1, -0.05) is 12.1 Å². The number of rotatable bonds is 2. The van der Waals surface area contributed by atoms with Crippen LogP contribution in [0.25, 0.3) is 11.1 Å². The van der Waals surface area contributed by atoms with Crippen LogP contribution in [-0.4, -0.2) is 41.3 Å². The molecule has 6 heteroatoms. The summed E-state index contributed by atoms with van der Waals surface area (Å²) in [6.07, 6.45) is 2.86. The molecule has 24 heavy (non-hydrogen) atoms. The summed E-state index contributed by atoms with van der Waals surface area (Å²) in [6.45, 7) is 1.93. The zero-order valence-electron chi connectivity index (χ0n) is 13.5. The zero-order valence-corrected chi connectivity index (χ0v) is 13.5. The van der Waals surface area contributed by atoms with E-state index in [0.717, 1.165) is 42.9 Å². The summed E-state index contributed by atoms with van der Waals surface area (Å²) in [5.74, 6) is 1.21. The molecule has 2 aliphatic heterocycles. The summed E-state index contributed by atoms with van der Waals surface area (Å²) >= 11 is 0. The number of oxazole rings is 1. The van der Waals surface area contributed by atoms with E-state index in [1.165, 1.54) is 0 Å². The Kier molecular flexibility index (Phi) is 3.96. The lowest BCUT2D eigenvalue weighted by molar-refractivity contribution is -0.138. The molecule has 1 aromatic carbocycles. The molecule has 1 aromatic heterocycles. The lowest BCUT2D eigenvalue weighted by Crippen LogP contribution is -2.47. The number of aromatic nitrogens is 1. The number of piperidine rings is 2. The Morgan fingerprint density at radius 1 is 1.21 bits per heavy atom. The molecule has 0 bridgehead atoms. The van der Waals surface area contributed by atoms with Gasteiger partial charge in [-0.05, 0) is 31.4 Å². The molecule has 6 nitrogen and oxygen atoms in total. The fourth-order valence-electron chi connectivity index (χ4n) is 3.61. The second-order valence-corrected chi connectivity index (χ2v) is 6.66. The third-order valence-electron chi connectivity index (χ3n) is 5.08. The molecular weight excluding hydrogens is 306 g/mol. The first-order valence-electron chi connectivity index (χ1n) is 8.61. The Balaban J connectivity index is 1.37. The van der Waals surface area contributed by atoms with Crippen LogP contribution in [0.2, 0.25) is 0 Å². The van der Waals surface area contributed by atoms with Gasteiger partial charge >= 0.3 is 0 Å². The highest BCUT2D eigenvalue weighted by atomic mass is 16.3. The minimum atomic E-state index is -0.0661. The number of nitrogens with zero attached hydrogens (tertiary/aromatic N) is 2. The van der Waals surface area contributed by atoms with Crippen molar-refractivity contribution < 1.29 is 14.0 Å². The highest BCUT2D eigenvalue weighted by molar-refractivity contribution is 5.83. The van der Waals surface area contributed by atoms with Crippen LogP contribution in [0.5, 0.6) is 0 Å². The molecule has 1 unspecified atom stereocenters. The lowest BCUT2D eigenvalue weighted by atomic mass is 9.93. The maximum absolute atomic E-state index is 12.6. The lowest BCUT2D eigenvalue weighted by Gasteiger charge is -2.34. The van der Waals surface area contributed by atoms with Crippen LogP contribution in [0.1, 0.15) is 37.5 Å². The van der Waals surface area contributed by atoms with Crippen molar-refractivity contribution in [2.24, 2.45) is 5.92 Å². The van der Waals surface area contributed by atoms with Gasteiger partial charge in [0.1, 0.15) is 5.52 Å². The highest BCUT2D eigenvalue weighted by Gasteiger charge is 2.32. The summed E-state index contributed by atoms with van der Waals surface area (Å²) < 4.78 is 5.87. The average Bonchev–Trinajstić information content (AvgIpc) is 3.06. The van der Waals surface area contributed by atoms with Crippen molar-refractivity contribution in [2.75, 3.05) is 19.6 Å². The van der Waals surface area contributed by atoms with E-state index in [1.807, 2.05) is 29.2 Å². The van der Waals surface area contributed by atoms with Gasteiger partial charge in [0, 0.05) is 32.0 Å². The zero-order chi connectivity index (χ0) is 16.5. The molecule has 0 saturated carbocycles. The Hall–Kier alpha value is -2.37. The van der Waals surface area contributed by atoms with Crippen molar-refractivity contribution in [3.05, 3.63) is 30.2 Å². The number of nitrogens with one attached hydrogen (secondary N) is 1. The minimum Gasteiger partial charge on any atom is -0.440 e. The van der Waals surface area contributed by atoms with Gasteiger partial charge in [0.05, 0.1) is 5.92 Å². The Bertz CT molecular complexity index is 719. The quantitative estimate of drug-likeness (QED) is 0.916. The first-order valence-corrected chi connectivity index (χ1v) is 8.61. The predicted octanol–water partition coefficient (Wildman–Crippen LogP) is 2.06. The number of benzene rings is 1. The van der Waals surface area contributed by atoms with Crippen molar-refractivity contribution in [3.8, 4) is 0 Å². The van der Waals surface area contributed by atoms with Gasteiger partial charge in [0.25, 0.3) is 0 Å². The van der Waals surface area contributed by atoms with E-state index in [-0.39, 0.29) is 23.7 Å². The number of likely N-dealkylation sites (tertiary alicyclic amines) is 1. The van der Waals surface area contributed by atoms with Gasteiger partial charge < -0.3 is 14.6 Å². The van der Waals surface area contributed by atoms with E-state index in [0.29, 0.717) is 19.4 Å². The third kappa shape index (κ3) is 2.88. The molecule has 1 N–H and O–H groups in total. The summed E-state index contributed by atoms with van der Waals surface area (Å²) in [7, 11) is 0. The van der Waals surface area contributed by atoms with E-state index in [4.69, 9.17) is 4.42 Å². The molecule has 0 radical (unpaired) electrons. The third-order valence-corrected chi connectivity index (χ3v) is 5.08. The van der Waals surface area contributed by atoms with Crippen LogP contribution in [0.3, 0.4) is 0 Å². The van der Waals surface area contributed by atoms with E-state index >= 15 is 0 Å². The smallest absolute Gasteiger partial charge is 0.227 e. The summed E-state index contributed by atoms with van der Waals surface area (Å²) in [6, 6.07) is 7.79. The Morgan fingerprint density at radius 2 is 2.00 bits per heavy atom. The monoisotopic (exact) mass is 327 g/mol. The summed E-state index contributed by atoms with van der Waals surface area (Å²) in [4.78, 5) is 30.3. The molecule has 126 valence electrons. The number of carbonyl (C=O) groups excluding carboxylic acids is 2. The van der Waals surface area contributed by atoms with Gasteiger partial charge in [-0.15, -0.1) is 0 Å². The molecule has 0 spiro atoms. The van der Waals surface area contributed by atoms with Crippen LogP contribution in [-0.2, 0) is 9.59 Å². The van der Waals surface area contributed by atoms with Gasteiger partial charge in [-0.2, -0.15) is 0 Å². The molecule has 2 fully saturated rings. The first-order chi connectivity index (χ1) is 11.7. The van der Waals surface area contributed by atoms with Gasteiger partial charge in [-0.3, -0.25) is 9.59 Å². The largest absolute Gasteiger partial charge is 0.440 e. The van der Waals surface area contributed by atoms with Crippen molar-refractivity contribution in [1.29, 1.82) is 0 Å². The maximum atomic E-state index is 12.6. The fourth-order valence-corrected chi connectivity index (χ4v) is 3.61. The molecular formula is C18H21N3O3. The standard InChI is InChI=1S/C18H21N3O3/c22-16-6-5-13(11-19-16)18(23)21-9-7-12(8-10-21)17-20-14-3-1-2-4-15(14)24-17/h1-4,12-13H,5-11H2,(H,19,22). The number of fused-ring (bicyclic) bond motifs is 1. The highest BCUT2D eigenvalue weighted by Crippen LogP contribution is 2.30. The molecule has 0 aliphatic carbocycles. The second-order valence-electron chi connectivity index (χ2n) is 6.66. The van der Waals surface area contributed by atoms with E-state index in [1.54, 1.807) is 0 Å². The SMILES string of the molecule is O=C1CCC(C(=O)N2CCC(c3nc4ccccc4o3)CC2)CN1. The van der Waals surface area contributed by atoms with Crippen LogP contribution >= 0.6 is 0 Å². The topological polar surface area (TPSA) is 75.4 Å². The number of para-hydroxylation sites is 2. The normalized spacial score (nSPS) is 22.6. The molecule has 2 aromatic rings. The minimum absolute atomic E-state index is 0.0497. The van der Waals surface area contributed by atoms with Gasteiger partial charge in [-0.25, -0.2) is 4.98 Å². The number of amides is 2. The van der Waals surface area contributed by atoms with Gasteiger partial charge in [0.15, 0.2) is 11.5 Å². The Labute approximate surface area is 140 Å². The van der Waals surface area contributed by atoms with Crippen molar-refractivity contribution in [3.63, 3.8) is 0 Å². The van der Waals surface area contributed by atoms with E-state index < -0.39 is 0 Å². The van der Waals surface area contributed by atoms with E-state index in [9.17, 15) is 9.59 Å². The molecule has 2 aliphatic rings. The summed E-state index contributed by atoms with van der Waals surface area (Å²) in [5, 5.41) is 2.79. The number of hydrogen-bond acceptors (Lipinski definition) is 4.